The van der Waals surface area contributed by atoms with Crippen LogP contribution in [-0.2, 0) is 16.0 Å². The van der Waals surface area contributed by atoms with Crippen LogP contribution in [0.2, 0.25) is 0 Å². The van der Waals surface area contributed by atoms with E-state index in [1.54, 1.807) is 48.5 Å². The number of phenolic OH excluding ortho intramolecular Hbond substituents is 2. The molecule has 0 aromatic heterocycles. The molecule has 0 saturated carbocycles. The van der Waals surface area contributed by atoms with Crippen LogP contribution in [0, 0.1) is 0 Å². The smallest absolute Gasteiger partial charge is 0.163 e. The zero-order chi connectivity index (χ0) is 20.6. The van der Waals surface area contributed by atoms with Gasteiger partial charge in [-0.05, 0) is 59.0 Å². The number of aryl methyl sites for hydroxylation is 1. The van der Waals surface area contributed by atoms with Crippen molar-refractivity contribution in [2.45, 2.75) is 19.3 Å². The second-order valence-corrected chi connectivity index (χ2v) is 6.82. The molecular formula is C25H22O4. The van der Waals surface area contributed by atoms with Crippen molar-refractivity contribution in [2.75, 3.05) is 0 Å². The van der Waals surface area contributed by atoms with Gasteiger partial charge in [0.25, 0.3) is 0 Å². The molecular weight excluding hydrogens is 364 g/mol. The number of allylic oxidation sites excluding steroid dienone is 1. The highest BCUT2D eigenvalue weighted by molar-refractivity contribution is 6.06. The number of aromatic hydroxyl groups is 2. The third kappa shape index (κ3) is 5.91. The fourth-order valence-electron chi connectivity index (χ4n) is 3.04. The van der Waals surface area contributed by atoms with Crippen LogP contribution in [0.4, 0.5) is 0 Å². The number of rotatable bonds is 8. The van der Waals surface area contributed by atoms with Gasteiger partial charge in [0.1, 0.15) is 17.3 Å². The second-order valence-electron chi connectivity index (χ2n) is 6.82. The minimum absolute atomic E-state index is 0.113. The maximum atomic E-state index is 12.2. The van der Waals surface area contributed by atoms with E-state index in [0.717, 1.165) is 16.7 Å². The summed E-state index contributed by atoms with van der Waals surface area (Å²) in [5.41, 5.74) is 3.52. The average molecular weight is 386 g/mol. The van der Waals surface area contributed by atoms with Crippen molar-refractivity contribution in [2.24, 2.45) is 0 Å². The molecule has 0 amide bonds. The molecule has 3 aromatic rings. The zero-order valence-electron chi connectivity index (χ0n) is 15.9. The second kappa shape index (κ2) is 9.51. The van der Waals surface area contributed by atoms with Crippen molar-refractivity contribution in [3.63, 3.8) is 0 Å². The summed E-state index contributed by atoms with van der Waals surface area (Å²) in [6.07, 6.45) is 3.66. The summed E-state index contributed by atoms with van der Waals surface area (Å²) >= 11 is 0. The van der Waals surface area contributed by atoms with Gasteiger partial charge in [-0.15, -0.1) is 0 Å². The van der Waals surface area contributed by atoms with Crippen LogP contribution < -0.4 is 0 Å². The van der Waals surface area contributed by atoms with Crippen LogP contribution in [0.5, 0.6) is 11.5 Å². The summed E-state index contributed by atoms with van der Waals surface area (Å²) in [5.74, 6) is -0.112. The molecule has 0 aliphatic carbocycles. The normalized spacial score (nSPS) is 10.9. The Hall–Kier alpha value is -3.66. The highest BCUT2D eigenvalue weighted by atomic mass is 16.3. The van der Waals surface area contributed by atoms with Gasteiger partial charge >= 0.3 is 0 Å². The summed E-state index contributed by atoms with van der Waals surface area (Å²) in [6, 6.07) is 21.4. The summed E-state index contributed by atoms with van der Waals surface area (Å²) in [7, 11) is 0. The van der Waals surface area contributed by atoms with E-state index in [4.69, 9.17) is 0 Å². The largest absolute Gasteiger partial charge is 0.508 e. The van der Waals surface area contributed by atoms with Crippen LogP contribution >= 0.6 is 0 Å². The Labute approximate surface area is 169 Å². The van der Waals surface area contributed by atoms with Crippen molar-refractivity contribution in [1.82, 2.24) is 0 Å². The summed E-state index contributed by atoms with van der Waals surface area (Å²) < 4.78 is 0. The van der Waals surface area contributed by atoms with E-state index in [1.165, 1.54) is 6.08 Å². The Morgan fingerprint density at radius 1 is 0.828 bits per heavy atom. The zero-order valence-corrected chi connectivity index (χ0v) is 15.9. The monoisotopic (exact) mass is 386 g/mol. The number of carbonyl (C=O) groups excluding carboxylic acids is 2. The highest BCUT2D eigenvalue weighted by Crippen LogP contribution is 2.28. The number of Topliss-reactive ketones (excluding diaryl/α,β-unsaturated/α-hetero) is 1. The lowest BCUT2D eigenvalue weighted by molar-refractivity contribution is -0.124. The first-order valence-corrected chi connectivity index (χ1v) is 9.40. The van der Waals surface area contributed by atoms with Crippen LogP contribution in [0.15, 0.2) is 78.9 Å². The number of phenols is 2. The lowest BCUT2D eigenvalue weighted by atomic mass is 9.98. The molecule has 3 rings (SSSR count). The Bertz CT molecular complexity index is 1020. The summed E-state index contributed by atoms with van der Waals surface area (Å²) in [6.45, 7) is 0. The van der Waals surface area contributed by atoms with Crippen molar-refractivity contribution in [1.29, 1.82) is 0 Å². The molecule has 0 unspecified atom stereocenters. The molecule has 146 valence electrons. The molecule has 0 radical (unpaired) electrons. The van der Waals surface area contributed by atoms with Gasteiger partial charge in [-0.25, -0.2) is 0 Å². The van der Waals surface area contributed by atoms with E-state index < -0.39 is 0 Å². The number of ketones is 2. The summed E-state index contributed by atoms with van der Waals surface area (Å²) in [4.78, 5) is 24.3. The third-order valence-corrected chi connectivity index (χ3v) is 4.57. The van der Waals surface area contributed by atoms with Gasteiger partial charge in [-0.3, -0.25) is 9.59 Å². The number of benzene rings is 3. The minimum Gasteiger partial charge on any atom is -0.508 e. The number of carbonyl (C=O) groups is 2. The van der Waals surface area contributed by atoms with E-state index in [1.807, 2.05) is 30.3 Å². The molecule has 29 heavy (non-hydrogen) atoms. The first kappa shape index (κ1) is 20.1. The molecule has 0 bridgehead atoms. The standard InChI is InChI=1S/C25H22O4/c26-21-10-6-18(7-11-21)8-12-23(28)17-24(29)13-9-20-16-22(27)14-15-25(20)19-4-2-1-3-5-19/h1-7,9-11,13-16,26-27H,8,12,17H2. The summed E-state index contributed by atoms with van der Waals surface area (Å²) in [5, 5.41) is 19.1. The lowest BCUT2D eigenvalue weighted by Gasteiger charge is -2.07. The molecule has 0 aliphatic heterocycles. The highest BCUT2D eigenvalue weighted by Gasteiger charge is 2.09. The van der Waals surface area contributed by atoms with E-state index in [2.05, 4.69) is 0 Å². The van der Waals surface area contributed by atoms with Gasteiger partial charge < -0.3 is 10.2 Å². The van der Waals surface area contributed by atoms with Gasteiger partial charge in [-0.1, -0.05) is 54.6 Å². The topological polar surface area (TPSA) is 74.6 Å². The number of hydrogen-bond acceptors (Lipinski definition) is 4. The van der Waals surface area contributed by atoms with Gasteiger partial charge in [-0.2, -0.15) is 0 Å². The van der Waals surface area contributed by atoms with E-state index in [9.17, 15) is 19.8 Å². The Morgan fingerprint density at radius 2 is 1.52 bits per heavy atom. The Morgan fingerprint density at radius 3 is 2.24 bits per heavy atom. The molecule has 0 saturated heterocycles. The quantitative estimate of drug-likeness (QED) is 0.425. The SMILES string of the molecule is O=C(C=Cc1cc(O)ccc1-c1ccccc1)CC(=O)CCc1ccc(O)cc1. The van der Waals surface area contributed by atoms with Crippen LogP contribution in [0.25, 0.3) is 17.2 Å². The molecule has 3 aromatic carbocycles. The predicted molar refractivity (Wildman–Crippen MR) is 114 cm³/mol. The van der Waals surface area contributed by atoms with Crippen molar-refractivity contribution >= 4 is 17.6 Å². The van der Waals surface area contributed by atoms with E-state index >= 15 is 0 Å². The maximum absolute atomic E-state index is 12.2. The van der Waals surface area contributed by atoms with Gasteiger partial charge in [0.15, 0.2) is 5.78 Å². The van der Waals surface area contributed by atoms with E-state index in [-0.39, 0.29) is 35.9 Å². The molecule has 0 atom stereocenters. The van der Waals surface area contributed by atoms with Crippen LogP contribution in [-0.4, -0.2) is 21.8 Å². The predicted octanol–water partition coefficient (Wildman–Crippen LogP) is 4.94. The van der Waals surface area contributed by atoms with Crippen molar-refractivity contribution in [3.8, 4) is 22.6 Å². The van der Waals surface area contributed by atoms with E-state index in [0.29, 0.717) is 12.0 Å². The molecule has 0 aliphatic rings. The number of hydrogen-bond donors (Lipinski definition) is 2. The van der Waals surface area contributed by atoms with Crippen LogP contribution in [0.1, 0.15) is 24.0 Å². The molecule has 0 spiro atoms. The van der Waals surface area contributed by atoms with Crippen molar-refractivity contribution < 1.29 is 19.8 Å². The fourth-order valence-corrected chi connectivity index (χ4v) is 3.04. The van der Waals surface area contributed by atoms with Gasteiger partial charge in [0.05, 0.1) is 6.42 Å². The average Bonchev–Trinajstić information content (AvgIpc) is 2.72. The minimum atomic E-state index is -0.275. The molecule has 0 fully saturated rings. The third-order valence-electron chi connectivity index (χ3n) is 4.57. The molecule has 4 nitrogen and oxygen atoms in total. The fraction of sp³-hybridized carbons (Fsp3) is 0.120. The van der Waals surface area contributed by atoms with Gasteiger partial charge in [0.2, 0.25) is 0 Å². The Balaban J connectivity index is 1.62. The van der Waals surface area contributed by atoms with Gasteiger partial charge in [0, 0.05) is 6.42 Å². The molecule has 4 heteroatoms. The van der Waals surface area contributed by atoms with Crippen LogP contribution in [0.3, 0.4) is 0 Å². The first-order chi connectivity index (χ1) is 14.0. The Kier molecular flexibility index (Phi) is 6.59. The molecule has 2 N–H and O–H groups in total. The van der Waals surface area contributed by atoms with Crippen molar-refractivity contribution in [3.05, 3.63) is 90.0 Å². The first-order valence-electron chi connectivity index (χ1n) is 9.40. The molecule has 0 heterocycles. The lowest BCUT2D eigenvalue weighted by Crippen LogP contribution is -2.06. The maximum Gasteiger partial charge on any atom is 0.163 e.